The molecule has 200 valence electrons. The zero-order valence-corrected chi connectivity index (χ0v) is 21.8. The first-order valence-electron chi connectivity index (χ1n) is 12.3. The molecule has 8 nitrogen and oxygen atoms in total. The number of hydrogen-bond acceptors (Lipinski definition) is 9. The first-order chi connectivity index (χ1) is 17.4. The normalized spacial score (nSPS) is 25.8. The zero-order chi connectivity index (χ0) is 26.5. The van der Waals surface area contributed by atoms with Crippen molar-refractivity contribution in [2.24, 2.45) is 5.92 Å². The number of nitrogens with one attached hydrogen (secondary N) is 2. The lowest BCUT2D eigenvalue weighted by molar-refractivity contribution is -0.161. The van der Waals surface area contributed by atoms with Crippen molar-refractivity contribution < 1.29 is 27.8 Å². The number of alkyl halides is 3. The molecule has 3 N–H and O–H groups in total. The minimum atomic E-state index is -4.42. The quantitative estimate of drug-likeness (QED) is 0.382. The Morgan fingerprint density at radius 1 is 1.16 bits per heavy atom. The van der Waals surface area contributed by atoms with E-state index >= 15 is 0 Å². The maximum atomic E-state index is 12.9. The molecule has 2 fully saturated rings. The van der Waals surface area contributed by atoms with E-state index in [1.54, 1.807) is 6.92 Å². The number of fused-ring (bicyclic) bond motifs is 2. The van der Waals surface area contributed by atoms with Crippen LogP contribution in [0.5, 0.6) is 0 Å². The molecule has 1 saturated heterocycles. The average Bonchev–Trinajstić information content (AvgIpc) is 3.47. The minimum absolute atomic E-state index is 0.134. The largest absolute Gasteiger partial charge is 0.405 e. The van der Waals surface area contributed by atoms with Gasteiger partial charge in [0.1, 0.15) is 23.5 Å². The first kappa shape index (κ1) is 26.1. The van der Waals surface area contributed by atoms with Crippen molar-refractivity contribution in [3.8, 4) is 10.6 Å². The maximum absolute atomic E-state index is 12.9. The summed E-state index contributed by atoms with van der Waals surface area (Å²) in [5.74, 6) is -0.755. The van der Waals surface area contributed by atoms with E-state index < -0.39 is 24.6 Å². The lowest BCUT2D eigenvalue weighted by atomic mass is 9.96. The summed E-state index contributed by atoms with van der Waals surface area (Å²) >= 11 is 1.46. The van der Waals surface area contributed by atoms with Gasteiger partial charge >= 0.3 is 6.18 Å². The van der Waals surface area contributed by atoms with Crippen molar-refractivity contribution in [3.63, 3.8) is 0 Å². The predicted molar refractivity (Wildman–Crippen MR) is 136 cm³/mol. The number of rotatable bonds is 7. The highest BCUT2D eigenvalue weighted by molar-refractivity contribution is 7.21. The second kappa shape index (κ2) is 9.64. The Morgan fingerprint density at radius 2 is 1.89 bits per heavy atom. The number of anilines is 2. The number of nitrogens with zero attached hydrogens (tertiary/aromatic N) is 3. The highest BCUT2D eigenvalue weighted by Crippen LogP contribution is 2.45. The Labute approximate surface area is 216 Å². The van der Waals surface area contributed by atoms with E-state index in [1.807, 2.05) is 45.0 Å². The lowest BCUT2D eigenvalue weighted by Crippen LogP contribution is -2.35. The second-order valence-electron chi connectivity index (χ2n) is 10.0. The van der Waals surface area contributed by atoms with Gasteiger partial charge in [-0.15, -0.1) is 11.3 Å². The molecule has 2 aliphatic rings. The van der Waals surface area contributed by atoms with E-state index in [1.165, 1.54) is 11.3 Å². The SMILES string of the molecule is CCC(O)[C@H]1C[C@@H](Nc2nc(NCC(F)(F)F)nc(C)c2-c2nc3ccccc3s2)[C@@H]2OC(C)(C)O[C@@H]21. The van der Waals surface area contributed by atoms with Crippen molar-refractivity contribution in [3.05, 3.63) is 30.0 Å². The van der Waals surface area contributed by atoms with Crippen LogP contribution in [0.25, 0.3) is 20.8 Å². The highest BCUT2D eigenvalue weighted by atomic mass is 32.1. The number of thiazole rings is 1. The molecule has 0 bridgehead atoms. The van der Waals surface area contributed by atoms with E-state index in [0.717, 1.165) is 10.2 Å². The monoisotopic (exact) mass is 537 g/mol. The van der Waals surface area contributed by atoms with Crippen LogP contribution < -0.4 is 10.6 Å². The fraction of sp³-hybridized carbons (Fsp3) is 0.560. The van der Waals surface area contributed by atoms with Crippen LogP contribution in [0.3, 0.4) is 0 Å². The summed E-state index contributed by atoms with van der Waals surface area (Å²) in [4.78, 5) is 13.5. The summed E-state index contributed by atoms with van der Waals surface area (Å²) in [5, 5.41) is 17.1. The predicted octanol–water partition coefficient (Wildman–Crippen LogP) is 5.13. The first-order valence-corrected chi connectivity index (χ1v) is 13.1. The molecule has 0 spiro atoms. The number of aliphatic hydroxyl groups is 1. The molecule has 2 aromatic heterocycles. The number of para-hydroxylation sites is 1. The molecular formula is C25H30F3N5O3S. The van der Waals surface area contributed by atoms with E-state index in [4.69, 9.17) is 14.5 Å². The van der Waals surface area contributed by atoms with Crippen LogP contribution in [-0.2, 0) is 9.47 Å². The van der Waals surface area contributed by atoms with Crippen molar-refractivity contribution in [2.45, 2.75) is 76.9 Å². The van der Waals surface area contributed by atoms with Gasteiger partial charge in [0.15, 0.2) is 5.79 Å². The Bertz CT molecular complexity index is 1250. The molecule has 0 amide bonds. The Kier molecular flexibility index (Phi) is 6.80. The van der Waals surface area contributed by atoms with Gasteiger partial charge in [-0.05, 0) is 45.7 Å². The Balaban J connectivity index is 1.54. The van der Waals surface area contributed by atoms with Gasteiger partial charge in [0.2, 0.25) is 5.95 Å². The summed E-state index contributed by atoms with van der Waals surface area (Å²) in [6, 6.07) is 7.39. The number of halogens is 3. The van der Waals surface area contributed by atoms with E-state index in [0.29, 0.717) is 34.9 Å². The highest BCUT2D eigenvalue weighted by Gasteiger charge is 2.55. The topological polar surface area (TPSA) is 101 Å². The van der Waals surface area contributed by atoms with Crippen LogP contribution in [0.15, 0.2) is 24.3 Å². The number of ether oxygens (including phenoxy) is 2. The summed E-state index contributed by atoms with van der Waals surface area (Å²) < 4.78 is 52.1. The van der Waals surface area contributed by atoms with Crippen molar-refractivity contribution in [2.75, 3.05) is 17.2 Å². The molecule has 12 heteroatoms. The number of aromatic nitrogens is 3. The number of benzene rings is 1. The van der Waals surface area contributed by atoms with Gasteiger partial charge in [0.25, 0.3) is 0 Å². The van der Waals surface area contributed by atoms with E-state index in [9.17, 15) is 18.3 Å². The fourth-order valence-electron chi connectivity index (χ4n) is 5.19. The number of hydrogen-bond donors (Lipinski definition) is 3. The molecule has 0 radical (unpaired) electrons. The van der Waals surface area contributed by atoms with Gasteiger partial charge in [0.05, 0.1) is 39.7 Å². The molecular weight excluding hydrogens is 507 g/mol. The van der Waals surface area contributed by atoms with Crippen molar-refractivity contribution in [1.82, 2.24) is 15.0 Å². The van der Waals surface area contributed by atoms with Gasteiger partial charge in [-0.1, -0.05) is 19.1 Å². The molecule has 1 unspecified atom stereocenters. The summed E-state index contributed by atoms with van der Waals surface area (Å²) in [6.45, 7) is 6.05. The summed E-state index contributed by atoms with van der Waals surface area (Å²) in [6.07, 6.45) is -4.56. The van der Waals surface area contributed by atoms with Crippen LogP contribution in [0, 0.1) is 12.8 Å². The molecule has 1 saturated carbocycles. The van der Waals surface area contributed by atoms with Gasteiger partial charge in [0, 0.05) is 5.92 Å². The van der Waals surface area contributed by atoms with Crippen molar-refractivity contribution in [1.29, 1.82) is 0 Å². The Morgan fingerprint density at radius 3 is 2.59 bits per heavy atom. The fourth-order valence-corrected chi connectivity index (χ4v) is 6.25. The average molecular weight is 538 g/mol. The number of aliphatic hydroxyl groups excluding tert-OH is 1. The van der Waals surface area contributed by atoms with Crippen LogP contribution in [-0.4, -0.2) is 62.9 Å². The zero-order valence-electron chi connectivity index (χ0n) is 21.0. The molecule has 1 aliphatic carbocycles. The van der Waals surface area contributed by atoms with Crippen LogP contribution in [0.4, 0.5) is 24.9 Å². The van der Waals surface area contributed by atoms with Gasteiger partial charge in [-0.2, -0.15) is 18.2 Å². The van der Waals surface area contributed by atoms with Crippen LogP contribution >= 0.6 is 11.3 Å². The molecule has 1 aromatic carbocycles. The standard InChI is InChI=1S/C25H30F3N5O3S/c1-5-16(34)13-10-15(20-19(13)35-24(3,4)36-20)31-21-18(22-32-14-8-6-7-9-17(14)37-22)12(2)30-23(33-21)29-11-25(26,27)28/h6-9,13,15-16,19-20,34H,5,10-11H2,1-4H3,(H2,29,30,31,33)/t13-,15-,16?,19-,20+/m1/s1. The lowest BCUT2D eigenvalue weighted by Gasteiger charge is -2.26. The van der Waals surface area contributed by atoms with Gasteiger partial charge in [-0.25, -0.2) is 9.97 Å². The molecule has 3 heterocycles. The third kappa shape index (κ3) is 5.38. The molecule has 5 rings (SSSR count). The second-order valence-corrected chi connectivity index (χ2v) is 11.0. The van der Waals surface area contributed by atoms with Crippen LogP contribution in [0.1, 0.15) is 39.3 Å². The molecule has 5 atom stereocenters. The van der Waals surface area contributed by atoms with E-state index in [2.05, 4.69) is 20.6 Å². The molecule has 3 aromatic rings. The molecule has 1 aliphatic heterocycles. The third-order valence-electron chi connectivity index (χ3n) is 6.79. The van der Waals surface area contributed by atoms with Gasteiger partial charge in [-0.3, -0.25) is 0 Å². The van der Waals surface area contributed by atoms with Crippen LogP contribution in [0.2, 0.25) is 0 Å². The Hall–Kier alpha value is -2.54. The smallest absolute Gasteiger partial charge is 0.393 e. The van der Waals surface area contributed by atoms with E-state index in [-0.39, 0.29) is 30.1 Å². The molecule has 37 heavy (non-hydrogen) atoms. The maximum Gasteiger partial charge on any atom is 0.405 e. The number of aryl methyl sites for hydroxylation is 1. The summed E-state index contributed by atoms with van der Waals surface area (Å²) in [5.41, 5.74) is 1.92. The van der Waals surface area contributed by atoms with Gasteiger partial charge < -0.3 is 25.2 Å². The minimum Gasteiger partial charge on any atom is -0.393 e. The van der Waals surface area contributed by atoms with Crippen molar-refractivity contribution >= 4 is 33.3 Å². The summed E-state index contributed by atoms with van der Waals surface area (Å²) in [7, 11) is 0. The third-order valence-corrected chi connectivity index (χ3v) is 7.84.